The van der Waals surface area contributed by atoms with E-state index in [0.29, 0.717) is 35.3 Å². The van der Waals surface area contributed by atoms with Crippen LogP contribution < -0.4 is 5.32 Å². The minimum absolute atomic E-state index is 0.211. The Kier molecular flexibility index (Phi) is 6.12. The van der Waals surface area contributed by atoms with E-state index < -0.39 is 10.0 Å². The first-order valence-corrected chi connectivity index (χ1v) is 11.2. The Morgan fingerprint density at radius 1 is 1.11 bits per heavy atom. The monoisotopic (exact) mass is 420 g/mol. The molecule has 150 valence electrons. The molecule has 0 bridgehead atoms. The summed E-state index contributed by atoms with van der Waals surface area (Å²) in [6.07, 6.45) is 1.74. The number of piperidine rings is 1. The van der Waals surface area contributed by atoms with Crippen LogP contribution in [0.25, 0.3) is 0 Å². The number of anilines is 1. The van der Waals surface area contributed by atoms with Gasteiger partial charge >= 0.3 is 0 Å². The van der Waals surface area contributed by atoms with Crippen LogP contribution in [-0.4, -0.2) is 31.7 Å². The van der Waals surface area contributed by atoms with Gasteiger partial charge in [0.25, 0.3) is 5.91 Å². The summed E-state index contributed by atoms with van der Waals surface area (Å²) < 4.78 is 27.1. The Morgan fingerprint density at radius 2 is 1.71 bits per heavy atom. The van der Waals surface area contributed by atoms with Crippen molar-refractivity contribution in [3.63, 3.8) is 0 Å². The first kappa shape index (κ1) is 20.8. The van der Waals surface area contributed by atoms with Crippen molar-refractivity contribution < 1.29 is 13.2 Å². The highest BCUT2D eigenvalue weighted by molar-refractivity contribution is 7.89. The van der Waals surface area contributed by atoms with Gasteiger partial charge < -0.3 is 5.32 Å². The van der Waals surface area contributed by atoms with E-state index in [9.17, 15) is 13.2 Å². The minimum atomic E-state index is -3.52. The normalized spacial score (nSPS) is 16.1. The summed E-state index contributed by atoms with van der Waals surface area (Å²) in [5.74, 6) is 0.221. The van der Waals surface area contributed by atoms with Gasteiger partial charge in [-0.25, -0.2) is 8.42 Å². The number of sulfonamides is 1. The van der Waals surface area contributed by atoms with Crippen molar-refractivity contribution in [1.82, 2.24) is 4.31 Å². The lowest BCUT2D eigenvalue weighted by molar-refractivity contribution is 0.102. The second kappa shape index (κ2) is 8.23. The predicted molar refractivity (Wildman–Crippen MR) is 112 cm³/mol. The van der Waals surface area contributed by atoms with Crippen LogP contribution >= 0.6 is 11.6 Å². The summed E-state index contributed by atoms with van der Waals surface area (Å²) in [5, 5.41) is 3.29. The van der Waals surface area contributed by atoms with Gasteiger partial charge in [0.15, 0.2) is 0 Å². The van der Waals surface area contributed by atoms with Crippen molar-refractivity contribution in [1.29, 1.82) is 0 Å². The van der Waals surface area contributed by atoms with Crippen LogP contribution in [0.5, 0.6) is 0 Å². The maximum atomic E-state index is 12.8. The van der Waals surface area contributed by atoms with Gasteiger partial charge in [0.05, 0.1) is 15.6 Å². The molecular formula is C21H25ClN2O3S. The number of halogens is 1. The summed E-state index contributed by atoms with van der Waals surface area (Å²) in [6.45, 7) is 7.03. The molecule has 1 N–H and O–H groups in total. The molecular weight excluding hydrogens is 396 g/mol. The lowest BCUT2D eigenvalue weighted by Crippen LogP contribution is -2.37. The minimum Gasteiger partial charge on any atom is -0.320 e. The van der Waals surface area contributed by atoms with Gasteiger partial charge in [-0.05, 0) is 74.1 Å². The lowest BCUT2D eigenvalue weighted by Gasteiger charge is -2.29. The van der Waals surface area contributed by atoms with Crippen LogP contribution in [0.2, 0.25) is 5.02 Å². The topological polar surface area (TPSA) is 66.5 Å². The molecule has 28 heavy (non-hydrogen) atoms. The zero-order valence-electron chi connectivity index (χ0n) is 16.3. The molecule has 1 fully saturated rings. The predicted octanol–water partition coefficient (Wildman–Crippen LogP) is 4.63. The summed E-state index contributed by atoms with van der Waals surface area (Å²) in [5.41, 5.74) is 2.83. The highest BCUT2D eigenvalue weighted by Gasteiger charge is 2.28. The van der Waals surface area contributed by atoms with E-state index in [2.05, 4.69) is 12.2 Å². The van der Waals surface area contributed by atoms with Crippen LogP contribution in [-0.2, 0) is 10.0 Å². The second-order valence-electron chi connectivity index (χ2n) is 7.50. The SMILES string of the molecule is Cc1cc(C)c(NC(=O)c2ccc(S(=O)(=O)N3CCC(C)CC3)cc2)c(Cl)c1. The molecule has 0 saturated carbocycles. The quantitative estimate of drug-likeness (QED) is 0.784. The van der Waals surface area contributed by atoms with Crippen LogP contribution in [0, 0.1) is 19.8 Å². The van der Waals surface area contributed by atoms with Crippen molar-refractivity contribution in [3.05, 3.63) is 58.1 Å². The van der Waals surface area contributed by atoms with Crippen molar-refractivity contribution in [2.24, 2.45) is 5.92 Å². The number of hydrogen-bond donors (Lipinski definition) is 1. The van der Waals surface area contributed by atoms with Crippen LogP contribution in [0.1, 0.15) is 41.3 Å². The first-order chi connectivity index (χ1) is 13.2. The molecule has 1 aliphatic rings. The zero-order valence-corrected chi connectivity index (χ0v) is 17.9. The average Bonchev–Trinajstić information content (AvgIpc) is 2.65. The van der Waals surface area contributed by atoms with E-state index in [-0.39, 0.29) is 10.8 Å². The number of amides is 1. The van der Waals surface area contributed by atoms with E-state index in [4.69, 9.17) is 11.6 Å². The van der Waals surface area contributed by atoms with E-state index in [1.165, 1.54) is 28.6 Å². The smallest absolute Gasteiger partial charge is 0.255 e. The fraction of sp³-hybridized carbons (Fsp3) is 0.381. The lowest BCUT2D eigenvalue weighted by atomic mass is 10.0. The number of hydrogen-bond acceptors (Lipinski definition) is 3. The molecule has 1 amide bonds. The third kappa shape index (κ3) is 4.40. The van der Waals surface area contributed by atoms with E-state index in [0.717, 1.165) is 24.0 Å². The van der Waals surface area contributed by atoms with Crippen LogP contribution in [0.4, 0.5) is 5.69 Å². The number of carbonyl (C=O) groups is 1. The Morgan fingerprint density at radius 3 is 2.29 bits per heavy atom. The molecule has 0 spiro atoms. The molecule has 1 saturated heterocycles. The highest BCUT2D eigenvalue weighted by Crippen LogP contribution is 2.28. The van der Waals surface area contributed by atoms with Gasteiger partial charge in [0.2, 0.25) is 10.0 Å². The first-order valence-electron chi connectivity index (χ1n) is 9.37. The third-order valence-electron chi connectivity index (χ3n) is 5.17. The summed E-state index contributed by atoms with van der Waals surface area (Å²) in [4.78, 5) is 12.8. The molecule has 3 rings (SSSR count). The third-order valence-corrected chi connectivity index (χ3v) is 7.38. The number of nitrogens with one attached hydrogen (secondary N) is 1. The van der Waals surface area contributed by atoms with Crippen molar-refractivity contribution in [2.75, 3.05) is 18.4 Å². The number of nitrogens with zero attached hydrogens (tertiary/aromatic N) is 1. The largest absolute Gasteiger partial charge is 0.320 e. The highest BCUT2D eigenvalue weighted by atomic mass is 35.5. The van der Waals surface area contributed by atoms with Crippen molar-refractivity contribution in [2.45, 2.75) is 38.5 Å². The summed E-state index contributed by atoms with van der Waals surface area (Å²) >= 11 is 6.25. The maximum absolute atomic E-state index is 12.8. The molecule has 1 aliphatic heterocycles. The molecule has 0 aliphatic carbocycles. The summed E-state index contributed by atoms with van der Waals surface area (Å²) in [7, 11) is -3.52. The number of rotatable bonds is 4. The molecule has 0 radical (unpaired) electrons. The van der Waals surface area contributed by atoms with Gasteiger partial charge in [0, 0.05) is 18.7 Å². The molecule has 1 heterocycles. The molecule has 5 nitrogen and oxygen atoms in total. The molecule has 2 aromatic carbocycles. The molecule has 0 unspecified atom stereocenters. The summed E-state index contributed by atoms with van der Waals surface area (Å²) in [6, 6.07) is 9.78. The Labute approximate surface area is 171 Å². The van der Waals surface area contributed by atoms with Gasteiger partial charge in [-0.3, -0.25) is 4.79 Å². The standard InChI is InChI=1S/C21H25ClN2O3S/c1-14-8-10-24(11-9-14)28(26,27)18-6-4-17(5-7-18)21(25)23-20-16(3)12-15(2)13-19(20)22/h4-7,12-14H,8-11H2,1-3H3,(H,23,25). The van der Waals surface area contributed by atoms with Crippen LogP contribution in [0.15, 0.2) is 41.3 Å². The molecule has 7 heteroatoms. The van der Waals surface area contributed by atoms with Crippen molar-refractivity contribution >= 4 is 33.2 Å². The van der Waals surface area contributed by atoms with Gasteiger partial charge in [-0.15, -0.1) is 0 Å². The van der Waals surface area contributed by atoms with Crippen molar-refractivity contribution in [3.8, 4) is 0 Å². The molecule has 2 aromatic rings. The van der Waals surface area contributed by atoms with Gasteiger partial charge in [-0.1, -0.05) is 24.6 Å². The Bertz CT molecular complexity index is 956. The van der Waals surface area contributed by atoms with E-state index in [1.807, 2.05) is 19.9 Å². The van der Waals surface area contributed by atoms with Gasteiger partial charge in [-0.2, -0.15) is 4.31 Å². The van der Waals surface area contributed by atoms with E-state index >= 15 is 0 Å². The van der Waals surface area contributed by atoms with Gasteiger partial charge in [0.1, 0.15) is 0 Å². The molecule has 0 aromatic heterocycles. The van der Waals surface area contributed by atoms with E-state index in [1.54, 1.807) is 6.07 Å². The number of aryl methyl sites for hydroxylation is 2. The maximum Gasteiger partial charge on any atom is 0.255 e. The van der Waals surface area contributed by atoms with Crippen LogP contribution in [0.3, 0.4) is 0 Å². The Balaban J connectivity index is 1.76. The number of benzene rings is 2. The fourth-order valence-electron chi connectivity index (χ4n) is 3.41. The Hall–Kier alpha value is -1.89. The second-order valence-corrected chi connectivity index (χ2v) is 9.85. The average molecular weight is 421 g/mol. The fourth-order valence-corrected chi connectivity index (χ4v) is 5.25. The molecule has 0 atom stereocenters. The number of carbonyl (C=O) groups excluding carboxylic acids is 1. The zero-order chi connectivity index (χ0) is 20.5.